The summed E-state index contributed by atoms with van der Waals surface area (Å²) in [6.07, 6.45) is 7.15. The molecular weight excluding hydrogens is 248 g/mol. The predicted molar refractivity (Wildman–Crippen MR) is 72.3 cm³/mol. The molecule has 90 valence electrons. The van der Waals surface area contributed by atoms with E-state index in [0.717, 1.165) is 11.1 Å². The Morgan fingerprint density at radius 2 is 2.33 bits per heavy atom. The first-order chi connectivity index (χ1) is 8.78. The number of aliphatic imine (C=N–C) groups is 1. The molecule has 0 atom stereocenters. The smallest absolute Gasteiger partial charge is 0.237 e. The van der Waals surface area contributed by atoms with Crippen LogP contribution >= 0.6 is 11.8 Å². The van der Waals surface area contributed by atoms with Crippen LogP contribution in [0.25, 0.3) is 11.6 Å². The number of nitrogens with zero attached hydrogens (tertiary/aromatic N) is 3. The Balaban J connectivity index is 2.03. The van der Waals surface area contributed by atoms with Crippen LogP contribution in [0, 0.1) is 0 Å². The van der Waals surface area contributed by atoms with Crippen molar-refractivity contribution in [1.82, 2.24) is 15.0 Å². The first-order valence-corrected chi connectivity index (χ1v) is 6.54. The van der Waals surface area contributed by atoms with Gasteiger partial charge in [0.05, 0.1) is 0 Å². The molecule has 1 aliphatic rings. The van der Waals surface area contributed by atoms with Crippen molar-refractivity contribution < 1.29 is 5.11 Å². The molecular formula is C12H10N4OS. The van der Waals surface area contributed by atoms with Gasteiger partial charge in [0, 0.05) is 23.5 Å². The molecule has 5 nitrogen and oxygen atoms in total. The highest BCUT2D eigenvalue weighted by Gasteiger charge is 2.14. The molecule has 1 aliphatic heterocycles. The average Bonchev–Trinajstić information content (AvgIpc) is 2.95. The van der Waals surface area contributed by atoms with E-state index >= 15 is 0 Å². The normalized spacial score (nSPS) is 15.3. The maximum atomic E-state index is 9.71. The summed E-state index contributed by atoms with van der Waals surface area (Å²) in [6, 6.07) is 3.81. The number of pyridine rings is 1. The number of aromatic amines is 1. The Labute approximate surface area is 108 Å². The molecule has 0 amide bonds. The van der Waals surface area contributed by atoms with Gasteiger partial charge in [-0.05, 0) is 24.5 Å². The molecule has 18 heavy (non-hydrogen) atoms. The van der Waals surface area contributed by atoms with Crippen molar-refractivity contribution in [3.8, 4) is 5.88 Å². The molecule has 0 aliphatic carbocycles. The molecule has 6 heteroatoms. The van der Waals surface area contributed by atoms with Crippen LogP contribution in [0.3, 0.4) is 0 Å². The lowest BCUT2D eigenvalue weighted by Crippen LogP contribution is -1.82. The van der Waals surface area contributed by atoms with Gasteiger partial charge in [-0.25, -0.2) is 9.98 Å². The van der Waals surface area contributed by atoms with Crippen molar-refractivity contribution in [1.29, 1.82) is 0 Å². The summed E-state index contributed by atoms with van der Waals surface area (Å²) < 4.78 is 0. The van der Waals surface area contributed by atoms with Crippen LogP contribution in [0.5, 0.6) is 5.88 Å². The Morgan fingerprint density at radius 1 is 1.44 bits per heavy atom. The largest absolute Gasteiger partial charge is 0.492 e. The van der Waals surface area contributed by atoms with E-state index in [9.17, 15) is 5.11 Å². The Hall–Kier alpha value is -2.08. The predicted octanol–water partition coefficient (Wildman–Crippen LogP) is 2.49. The summed E-state index contributed by atoms with van der Waals surface area (Å²) in [4.78, 5) is 15.4. The van der Waals surface area contributed by atoms with Crippen LogP contribution in [0.4, 0.5) is 5.82 Å². The SMILES string of the molecule is CSc1nc(O)c(/C=C2\C=Nc3ncccc32)[nH]1. The minimum absolute atomic E-state index is 0.00223. The molecule has 0 aromatic carbocycles. The van der Waals surface area contributed by atoms with Gasteiger partial charge in [0.1, 0.15) is 5.69 Å². The Bertz CT molecular complexity index is 660. The molecule has 0 spiro atoms. The van der Waals surface area contributed by atoms with Gasteiger partial charge in [-0.1, -0.05) is 11.8 Å². The number of H-pyrrole nitrogens is 1. The van der Waals surface area contributed by atoms with Gasteiger partial charge in [0.25, 0.3) is 0 Å². The maximum absolute atomic E-state index is 9.71. The molecule has 2 aromatic rings. The van der Waals surface area contributed by atoms with Crippen molar-refractivity contribution in [2.24, 2.45) is 4.99 Å². The average molecular weight is 258 g/mol. The van der Waals surface area contributed by atoms with Crippen molar-refractivity contribution in [2.75, 3.05) is 6.26 Å². The number of hydrogen-bond acceptors (Lipinski definition) is 5. The van der Waals surface area contributed by atoms with Crippen LogP contribution in [-0.4, -0.2) is 32.5 Å². The van der Waals surface area contributed by atoms with E-state index in [1.165, 1.54) is 11.8 Å². The van der Waals surface area contributed by atoms with Gasteiger partial charge >= 0.3 is 0 Å². The van der Waals surface area contributed by atoms with Crippen molar-refractivity contribution in [3.63, 3.8) is 0 Å². The zero-order chi connectivity index (χ0) is 12.5. The number of fused-ring (bicyclic) bond motifs is 1. The zero-order valence-corrected chi connectivity index (χ0v) is 10.4. The number of nitrogens with one attached hydrogen (secondary N) is 1. The van der Waals surface area contributed by atoms with Crippen molar-refractivity contribution in [2.45, 2.75) is 5.16 Å². The second-order valence-electron chi connectivity index (χ2n) is 3.72. The lowest BCUT2D eigenvalue weighted by molar-refractivity contribution is 0.453. The molecule has 0 fully saturated rings. The van der Waals surface area contributed by atoms with E-state index in [2.05, 4.69) is 19.9 Å². The molecule has 2 N–H and O–H groups in total. The first-order valence-electron chi connectivity index (χ1n) is 5.32. The quantitative estimate of drug-likeness (QED) is 0.811. The summed E-state index contributed by atoms with van der Waals surface area (Å²) in [6.45, 7) is 0. The number of imidazole rings is 1. The zero-order valence-electron chi connectivity index (χ0n) is 9.58. The summed E-state index contributed by atoms with van der Waals surface area (Å²) in [5.74, 6) is 0.699. The summed E-state index contributed by atoms with van der Waals surface area (Å²) in [5, 5.41) is 10.4. The molecule has 3 heterocycles. The molecule has 0 saturated carbocycles. The number of allylic oxidation sites excluding steroid dienone is 1. The highest BCUT2D eigenvalue weighted by Crippen LogP contribution is 2.31. The topological polar surface area (TPSA) is 74.2 Å². The van der Waals surface area contributed by atoms with E-state index in [0.29, 0.717) is 16.7 Å². The van der Waals surface area contributed by atoms with Gasteiger partial charge < -0.3 is 10.1 Å². The second-order valence-corrected chi connectivity index (χ2v) is 4.51. The molecule has 3 rings (SSSR count). The third kappa shape index (κ3) is 1.80. The fraction of sp³-hybridized carbons (Fsp3) is 0.0833. The van der Waals surface area contributed by atoms with Crippen LogP contribution in [-0.2, 0) is 0 Å². The van der Waals surface area contributed by atoms with Crippen molar-refractivity contribution in [3.05, 3.63) is 29.6 Å². The molecule has 0 bridgehead atoms. The van der Waals surface area contributed by atoms with Crippen LogP contribution in [0.1, 0.15) is 11.3 Å². The summed E-state index contributed by atoms with van der Waals surface area (Å²) in [7, 11) is 0. The van der Waals surface area contributed by atoms with Gasteiger partial charge in [0.2, 0.25) is 5.88 Å². The standard InChI is InChI=1S/C12H10N4OS/c1-18-12-15-9(11(17)16-12)5-7-6-14-10-8(7)3-2-4-13-10/h2-6,17H,1H3,(H,15,16)/b7-5+. The minimum Gasteiger partial charge on any atom is -0.492 e. The number of hydrogen-bond donors (Lipinski definition) is 2. The van der Waals surface area contributed by atoms with Crippen molar-refractivity contribution >= 4 is 35.4 Å². The van der Waals surface area contributed by atoms with Crippen LogP contribution in [0.15, 0.2) is 28.5 Å². The second kappa shape index (κ2) is 4.30. The number of thioether (sulfide) groups is 1. The first kappa shape index (κ1) is 11.0. The summed E-state index contributed by atoms with van der Waals surface area (Å²) >= 11 is 1.45. The fourth-order valence-electron chi connectivity index (χ4n) is 1.75. The molecule has 0 unspecified atom stereocenters. The van der Waals surface area contributed by atoms with E-state index in [4.69, 9.17) is 0 Å². The fourth-order valence-corrected chi connectivity index (χ4v) is 2.14. The summed E-state index contributed by atoms with van der Waals surface area (Å²) in [5.41, 5.74) is 2.44. The number of rotatable bonds is 2. The van der Waals surface area contributed by atoms with Crippen LogP contribution in [0.2, 0.25) is 0 Å². The van der Waals surface area contributed by atoms with Crippen LogP contribution < -0.4 is 0 Å². The van der Waals surface area contributed by atoms with E-state index < -0.39 is 0 Å². The van der Waals surface area contributed by atoms with Gasteiger partial charge in [-0.3, -0.25) is 0 Å². The molecule has 0 radical (unpaired) electrons. The lowest BCUT2D eigenvalue weighted by atomic mass is 10.1. The monoisotopic (exact) mass is 258 g/mol. The number of aromatic nitrogens is 3. The Morgan fingerprint density at radius 3 is 3.11 bits per heavy atom. The van der Waals surface area contributed by atoms with Gasteiger partial charge in [0.15, 0.2) is 11.0 Å². The van der Waals surface area contributed by atoms with E-state index in [1.54, 1.807) is 12.4 Å². The van der Waals surface area contributed by atoms with E-state index in [1.807, 2.05) is 24.5 Å². The van der Waals surface area contributed by atoms with E-state index in [-0.39, 0.29) is 5.88 Å². The third-order valence-corrected chi connectivity index (χ3v) is 3.19. The highest BCUT2D eigenvalue weighted by atomic mass is 32.2. The minimum atomic E-state index is -0.00223. The molecule has 2 aromatic heterocycles. The number of aromatic hydroxyl groups is 1. The molecule has 0 saturated heterocycles. The highest BCUT2D eigenvalue weighted by molar-refractivity contribution is 7.98. The third-order valence-electron chi connectivity index (χ3n) is 2.61. The lowest BCUT2D eigenvalue weighted by Gasteiger charge is -1.97. The van der Waals surface area contributed by atoms with Gasteiger partial charge in [-0.2, -0.15) is 4.98 Å². The Kier molecular flexibility index (Phi) is 2.64. The van der Waals surface area contributed by atoms with Gasteiger partial charge in [-0.15, -0.1) is 0 Å². The maximum Gasteiger partial charge on any atom is 0.237 e.